The summed E-state index contributed by atoms with van der Waals surface area (Å²) in [5.74, 6) is 1.50. The van der Waals surface area contributed by atoms with Gasteiger partial charge >= 0.3 is 0 Å². The van der Waals surface area contributed by atoms with Crippen LogP contribution < -0.4 is 9.47 Å². The maximum absolute atomic E-state index is 10.7. The van der Waals surface area contributed by atoms with Crippen molar-refractivity contribution in [2.75, 3.05) is 14.2 Å². The van der Waals surface area contributed by atoms with Crippen LogP contribution in [0.25, 0.3) is 10.8 Å². The highest BCUT2D eigenvalue weighted by Crippen LogP contribution is 2.34. The SMILES string of the molecule is COc1cc(OC)c2c(C=O)occ2c1. The molecule has 0 amide bonds. The molecule has 4 heteroatoms. The lowest BCUT2D eigenvalue weighted by atomic mass is 10.1. The number of fused-ring (bicyclic) bond motifs is 1. The molecule has 0 saturated carbocycles. The number of methoxy groups -OCH3 is 2. The van der Waals surface area contributed by atoms with Crippen LogP contribution in [0.5, 0.6) is 11.5 Å². The maximum atomic E-state index is 10.7. The van der Waals surface area contributed by atoms with Gasteiger partial charge in [-0.15, -0.1) is 0 Å². The highest BCUT2D eigenvalue weighted by Gasteiger charge is 2.12. The Morgan fingerprint density at radius 1 is 1.27 bits per heavy atom. The maximum Gasteiger partial charge on any atom is 0.186 e. The zero-order chi connectivity index (χ0) is 10.8. The highest BCUT2D eigenvalue weighted by atomic mass is 16.5. The first kappa shape index (κ1) is 9.58. The van der Waals surface area contributed by atoms with Crippen molar-refractivity contribution in [3.63, 3.8) is 0 Å². The molecular weight excluding hydrogens is 196 g/mol. The number of ether oxygens (including phenoxy) is 2. The molecule has 4 nitrogen and oxygen atoms in total. The molecule has 0 bridgehead atoms. The van der Waals surface area contributed by atoms with Crippen molar-refractivity contribution in [3.05, 3.63) is 24.2 Å². The van der Waals surface area contributed by atoms with Crippen molar-refractivity contribution in [3.8, 4) is 11.5 Å². The summed E-state index contributed by atoms with van der Waals surface area (Å²) < 4.78 is 15.4. The molecule has 0 N–H and O–H groups in total. The average Bonchev–Trinajstić information content (AvgIpc) is 2.70. The van der Waals surface area contributed by atoms with Crippen molar-refractivity contribution in [1.29, 1.82) is 0 Å². The van der Waals surface area contributed by atoms with Crippen LogP contribution in [0.3, 0.4) is 0 Å². The molecule has 0 spiro atoms. The van der Waals surface area contributed by atoms with Gasteiger partial charge in [0.15, 0.2) is 12.0 Å². The first-order chi connectivity index (χ1) is 7.30. The summed E-state index contributed by atoms with van der Waals surface area (Å²) in [5, 5.41) is 1.46. The molecule has 1 heterocycles. The second kappa shape index (κ2) is 3.65. The van der Waals surface area contributed by atoms with Gasteiger partial charge in [-0.3, -0.25) is 4.79 Å². The Balaban J connectivity index is 2.77. The molecular formula is C11H10O4. The van der Waals surface area contributed by atoms with Gasteiger partial charge in [-0.1, -0.05) is 0 Å². The van der Waals surface area contributed by atoms with Gasteiger partial charge in [0.1, 0.15) is 11.5 Å². The van der Waals surface area contributed by atoms with E-state index in [1.54, 1.807) is 19.2 Å². The van der Waals surface area contributed by atoms with E-state index in [1.807, 2.05) is 0 Å². The Hall–Kier alpha value is -1.97. The fraction of sp³-hybridized carbons (Fsp3) is 0.182. The van der Waals surface area contributed by atoms with Gasteiger partial charge in [0, 0.05) is 11.5 Å². The number of benzene rings is 1. The highest BCUT2D eigenvalue weighted by molar-refractivity contribution is 6.00. The van der Waals surface area contributed by atoms with E-state index in [-0.39, 0.29) is 5.76 Å². The van der Waals surface area contributed by atoms with E-state index in [0.717, 1.165) is 5.39 Å². The third-order valence-corrected chi connectivity index (χ3v) is 2.23. The topological polar surface area (TPSA) is 48.7 Å². The molecule has 0 unspecified atom stereocenters. The van der Waals surface area contributed by atoms with E-state index < -0.39 is 0 Å². The molecule has 0 aliphatic heterocycles. The molecule has 1 aromatic carbocycles. The van der Waals surface area contributed by atoms with Gasteiger partial charge in [-0.05, 0) is 6.07 Å². The molecule has 2 rings (SSSR count). The van der Waals surface area contributed by atoms with E-state index in [4.69, 9.17) is 13.9 Å². The lowest BCUT2D eigenvalue weighted by Crippen LogP contribution is -1.88. The third-order valence-electron chi connectivity index (χ3n) is 2.23. The molecule has 0 radical (unpaired) electrons. The van der Waals surface area contributed by atoms with Crippen LogP contribution in [0, 0.1) is 0 Å². The van der Waals surface area contributed by atoms with Crippen molar-refractivity contribution in [1.82, 2.24) is 0 Å². The van der Waals surface area contributed by atoms with Gasteiger partial charge in [0.25, 0.3) is 0 Å². The molecule has 0 atom stereocenters. The van der Waals surface area contributed by atoms with Crippen LogP contribution in [-0.2, 0) is 0 Å². The number of hydrogen-bond donors (Lipinski definition) is 0. The number of furan rings is 1. The summed E-state index contributed by atoms with van der Waals surface area (Å²) in [6.07, 6.45) is 2.17. The predicted molar refractivity (Wildman–Crippen MR) is 54.7 cm³/mol. The second-order valence-corrected chi connectivity index (χ2v) is 3.01. The van der Waals surface area contributed by atoms with Gasteiger partial charge < -0.3 is 13.9 Å². The number of rotatable bonds is 3. The summed E-state index contributed by atoms with van der Waals surface area (Å²) in [6.45, 7) is 0. The molecule has 2 aromatic rings. The quantitative estimate of drug-likeness (QED) is 0.723. The average molecular weight is 206 g/mol. The Labute approximate surface area is 86.4 Å². The monoisotopic (exact) mass is 206 g/mol. The minimum atomic E-state index is 0.268. The third kappa shape index (κ3) is 1.44. The van der Waals surface area contributed by atoms with E-state index >= 15 is 0 Å². The van der Waals surface area contributed by atoms with Gasteiger partial charge in [-0.2, -0.15) is 0 Å². The number of aldehydes is 1. The lowest BCUT2D eigenvalue weighted by Gasteiger charge is -2.05. The fourth-order valence-electron chi connectivity index (χ4n) is 1.52. The van der Waals surface area contributed by atoms with E-state index in [2.05, 4.69) is 0 Å². The zero-order valence-corrected chi connectivity index (χ0v) is 8.44. The number of carbonyl (C=O) groups is 1. The molecule has 0 aliphatic rings. The van der Waals surface area contributed by atoms with Crippen molar-refractivity contribution < 1.29 is 18.7 Å². The standard InChI is InChI=1S/C11H10O4/c1-13-8-3-7-6-15-10(5-12)11(7)9(4-8)14-2/h3-6H,1-2H3. The Kier molecular flexibility index (Phi) is 2.33. The van der Waals surface area contributed by atoms with Crippen LogP contribution in [0.2, 0.25) is 0 Å². The summed E-state index contributed by atoms with van der Waals surface area (Å²) in [5.41, 5.74) is 0. The van der Waals surface area contributed by atoms with Crippen LogP contribution in [0.4, 0.5) is 0 Å². The molecule has 0 aliphatic carbocycles. The minimum absolute atomic E-state index is 0.268. The molecule has 1 aromatic heterocycles. The van der Waals surface area contributed by atoms with Crippen LogP contribution >= 0.6 is 0 Å². The second-order valence-electron chi connectivity index (χ2n) is 3.01. The summed E-state index contributed by atoms with van der Waals surface area (Å²) >= 11 is 0. The predicted octanol–water partition coefficient (Wildman–Crippen LogP) is 2.26. The smallest absolute Gasteiger partial charge is 0.186 e. The van der Waals surface area contributed by atoms with E-state index in [0.29, 0.717) is 23.2 Å². The lowest BCUT2D eigenvalue weighted by molar-refractivity contribution is 0.110. The summed E-state index contributed by atoms with van der Waals surface area (Å²) in [7, 11) is 3.11. The van der Waals surface area contributed by atoms with Gasteiger partial charge in [0.2, 0.25) is 0 Å². The largest absolute Gasteiger partial charge is 0.497 e. The summed E-state index contributed by atoms with van der Waals surface area (Å²) in [4.78, 5) is 10.7. The van der Waals surface area contributed by atoms with Gasteiger partial charge in [0.05, 0.1) is 25.9 Å². The van der Waals surface area contributed by atoms with Crippen molar-refractivity contribution >= 4 is 17.1 Å². The molecule has 78 valence electrons. The number of carbonyl (C=O) groups excluding carboxylic acids is 1. The molecule has 0 fully saturated rings. The normalized spacial score (nSPS) is 10.3. The summed E-state index contributed by atoms with van der Waals surface area (Å²) in [6, 6.07) is 3.50. The van der Waals surface area contributed by atoms with Crippen LogP contribution in [0.1, 0.15) is 10.6 Å². The van der Waals surface area contributed by atoms with E-state index in [1.165, 1.54) is 13.4 Å². The Morgan fingerprint density at radius 3 is 2.67 bits per heavy atom. The Morgan fingerprint density at radius 2 is 2.07 bits per heavy atom. The van der Waals surface area contributed by atoms with Crippen LogP contribution in [0.15, 0.2) is 22.8 Å². The van der Waals surface area contributed by atoms with Crippen molar-refractivity contribution in [2.24, 2.45) is 0 Å². The molecule has 15 heavy (non-hydrogen) atoms. The number of hydrogen-bond acceptors (Lipinski definition) is 4. The van der Waals surface area contributed by atoms with Crippen molar-refractivity contribution in [2.45, 2.75) is 0 Å². The molecule has 0 saturated heterocycles. The van der Waals surface area contributed by atoms with Crippen LogP contribution in [-0.4, -0.2) is 20.5 Å². The zero-order valence-electron chi connectivity index (χ0n) is 8.44. The minimum Gasteiger partial charge on any atom is -0.497 e. The first-order valence-corrected chi connectivity index (χ1v) is 4.38. The van der Waals surface area contributed by atoms with Gasteiger partial charge in [-0.25, -0.2) is 0 Å². The Bertz CT molecular complexity index is 499. The van der Waals surface area contributed by atoms with E-state index in [9.17, 15) is 4.79 Å². The fourth-order valence-corrected chi connectivity index (χ4v) is 1.52. The first-order valence-electron chi connectivity index (χ1n) is 4.38.